The molecule has 120 valence electrons. The Labute approximate surface area is 134 Å². The first-order valence-corrected chi connectivity index (χ1v) is 7.76. The maximum Gasteiger partial charge on any atom is 0.253 e. The zero-order chi connectivity index (χ0) is 16.2. The number of benzene rings is 1. The molecule has 0 bridgehead atoms. The topological polar surface area (TPSA) is 51.2 Å². The van der Waals surface area contributed by atoms with Gasteiger partial charge in [-0.25, -0.2) is 4.39 Å². The van der Waals surface area contributed by atoms with E-state index in [-0.39, 0.29) is 24.4 Å². The summed E-state index contributed by atoms with van der Waals surface area (Å²) >= 11 is 0. The van der Waals surface area contributed by atoms with Crippen molar-refractivity contribution in [3.63, 3.8) is 0 Å². The van der Waals surface area contributed by atoms with Crippen molar-refractivity contribution in [2.75, 3.05) is 0 Å². The number of carbonyl (C=O) groups is 1. The van der Waals surface area contributed by atoms with Gasteiger partial charge in [0.15, 0.2) is 0 Å². The minimum atomic E-state index is -0.340. The van der Waals surface area contributed by atoms with Gasteiger partial charge in [0, 0.05) is 18.3 Å². The van der Waals surface area contributed by atoms with Crippen molar-refractivity contribution in [3.05, 3.63) is 59.7 Å². The van der Waals surface area contributed by atoms with Crippen LogP contribution in [0.1, 0.15) is 35.8 Å². The zero-order valence-corrected chi connectivity index (χ0v) is 13.0. The van der Waals surface area contributed by atoms with E-state index in [0.717, 1.165) is 0 Å². The number of aromatic nitrogens is 1. The molecule has 1 unspecified atom stereocenters. The van der Waals surface area contributed by atoms with Gasteiger partial charge in [-0.1, -0.05) is 6.07 Å². The van der Waals surface area contributed by atoms with Gasteiger partial charge in [0.25, 0.3) is 5.91 Å². The number of hydrogen-bond donors (Lipinski definition) is 1. The third-order valence-corrected chi connectivity index (χ3v) is 3.96. The molecule has 0 radical (unpaired) electrons. The summed E-state index contributed by atoms with van der Waals surface area (Å²) in [5.41, 5.74) is 1.22. The molecule has 1 heterocycles. The molecule has 1 atom stereocenters. The molecule has 0 spiro atoms. The molecule has 23 heavy (non-hydrogen) atoms. The second-order valence-electron chi connectivity index (χ2n) is 5.88. The Morgan fingerprint density at radius 3 is 2.87 bits per heavy atom. The van der Waals surface area contributed by atoms with E-state index in [1.165, 1.54) is 25.0 Å². The Bertz CT molecular complexity index is 684. The highest BCUT2D eigenvalue weighted by Crippen LogP contribution is 2.32. The van der Waals surface area contributed by atoms with Gasteiger partial charge in [-0.2, -0.15) is 0 Å². The van der Waals surface area contributed by atoms with Crippen LogP contribution in [0.15, 0.2) is 42.6 Å². The van der Waals surface area contributed by atoms with Gasteiger partial charge in [-0.05, 0) is 49.9 Å². The maximum absolute atomic E-state index is 13.1. The second kappa shape index (κ2) is 6.77. The third-order valence-electron chi connectivity index (χ3n) is 3.96. The monoisotopic (exact) mass is 314 g/mol. The molecule has 0 saturated heterocycles. The fourth-order valence-corrected chi connectivity index (χ4v) is 2.36. The fourth-order valence-electron chi connectivity index (χ4n) is 2.36. The van der Waals surface area contributed by atoms with Crippen LogP contribution in [0.25, 0.3) is 0 Å². The van der Waals surface area contributed by atoms with Crippen molar-refractivity contribution in [2.24, 2.45) is 5.92 Å². The van der Waals surface area contributed by atoms with E-state index < -0.39 is 0 Å². The van der Waals surface area contributed by atoms with Gasteiger partial charge in [-0.15, -0.1) is 0 Å². The highest BCUT2D eigenvalue weighted by atomic mass is 19.1. The smallest absolute Gasteiger partial charge is 0.253 e. The van der Waals surface area contributed by atoms with E-state index in [9.17, 15) is 9.18 Å². The van der Waals surface area contributed by atoms with E-state index >= 15 is 0 Å². The Balaban J connectivity index is 1.55. The minimum absolute atomic E-state index is 0.102. The molecule has 3 rings (SSSR count). The van der Waals surface area contributed by atoms with Crippen LogP contribution in [0.2, 0.25) is 0 Å². The highest BCUT2D eigenvalue weighted by molar-refractivity contribution is 5.94. The lowest BCUT2D eigenvalue weighted by molar-refractivity contribution is 0.0935. The van der Waals surface area contributed by atoms with E-state index in [0.29, 0.717) is 22.9 Å². The number of amides is 1. The number of pyridine rings is 1. The number of ether oxygens (including phenoxy) is 1. The summed E-state index contributed by atoms with van der Waals surface area (Å²) in [6.45, 7) is 2.26. The largest absolute Gasteiger partial charge is 0.487 e. The van der Waals surface area contributed by atoms with Crippen molar-refractivity contribution < 1.29 is 13.9 Å². The number of carbonyl (C=O) groups excluding carboxylic acids is 1. The fraction of sp³-hybridized carbons (Fsp3) is 0.333. The van der Waals surface area contributed by atoms with E-state index in [1.54, 1.807) is 30.5 Å². The van der Waals surface area contributed by atoms with Crippen LogP contribution >= 0.6 is 0 Å². The molecule has 4 nitrogen and oxygen atoms in total. The van der Waals surface area contributed by atoms with Gasteiger partial charge >= 0.3 is 0 Å². The number of rotatable bonds is 6. The molecule has 0 aliphatic heterocycles. The third kappa shape index (κ3) is 4.28. The first-order chi connectivity index (χ1) is 11.1. The van der Waals surface area contributed by atoms with Crippen molar-refractivity contribution in [1.29, 1.82) is 0 Å². The highest BCUT2D eigenvalue weighted by Gasteiger charge is 2.29. The van der Waals surface area contributed by atoms with Gasteiger partial charge in [0.2, 0.25) is 0 Å². The molecule has 1 aromatic heterocycles. The predicted octanol–water partition coefficient (Wildman–Crippen LogP) is 3.33. The quantitative estimate of drug-likeness (QED) is 0.890. The normalized spacial score (nSPS) is 15.0. The van der Waals surface area contributed by atoms with Crippen molar-refractivity contribution >= 4 is 5.91 Å². The standard InChI is InChI=1S/C18H19FN2O2/c1-12(13-5-6-13)21-18(22)14-7-8-16(20-10-14)11-23-17-4-2-3-15(19)9-17/h2-4,7-10,12-13H,5-6,11H2,1H3,(H,21,22). The number of nitrogens with one attached hydrogen (secondary N) is 1. The molecule has 1 aliphatic carbocycles. The lowest BCUT2D eigenvalue weighted by atomic mass is 10.2. The summed E-state index contributed by atoms with van der Waals surface area (Å²) in [6.07, 6.45) is 3.92. The molecule has 1 amide bonds. The summed E-state index contributed by atoms with van der Waals surface area (Å²) < 4.78 is 18.5. The van der Waals surface area contributed by atoms with Crippen LogP contribution < -0.4 is 10.1 Å². The van der Waals surface area contributed by atoms with Crippen LogP contribution in [0.5, 0.6) is 5.75 Å². The molecule has 1 saturated carbocycles. The number of nitrogens with zero attached hydrogens (tertiary/aromatic N) is 1. The summed E-state index contributed by atoms with van der Waals surface area (Å²) in [5, 5.41) is 2.99. The molecule has 2 aromatic rings. The van der Waals surface area contributed by atoms with E-state index in [4.69, 9.17) is 4.74 Å². The summed E-state index contributed by atoms with van der Waals surface area (Å²) in [7, 11) is 0. The first kappa shape index (κ1) is 15.5. The predicted molar refractivity (Wildman–Crippen MR) is 84.6 cm³/mol. The van der Waals surface area contributed by atoms with E-state index in [2.05, 4.69) is 10.3 Å². The molecule has 1 aromatic carbocycles. The molecule has 1 N–H and O–H groups in total. The van der Waals surface area contributed by atoms with Crippen LogP contribution in [-0.2, 0) is 6.61 Å². The van der Waals surface area contributed by atoms with Gasteiger partial charge in [0.1, 0.15) is 18.2 Å². The van der Waals surface area contributed by atoms with Crippen LogP contribution in [0, 0.1) is 11.7 Å². The Morgan fingerprint density at radius 2 is 2.22 bits per heavy atom. The van der Waals surface area contributed by atoms with Gasteiger partial charge in [-0.3, -0.25) is 9.78 Å². The average Bonchev–Trinajstić information content (AvgIpc) is 3.38. The molecule has 1 fully saturated rings. The van der Waals surface area contributed by atoms with Crippen LogP contribution in [0.3, 0.4) is 0 Å². The Morgan fingerprint density at radius 1 is 1.39 bits per heavy atom. The van der Waals surface area contributed by atoms with Crippen molar-refractivity contribution in [3.8, 4) is 5.75 Å². The van der Waals surface area contributed by atoms with Crippen molar-refractivity contribution in [2.45, 2.75) is 32.4 Å². The average molecular weight is 314 g/mol. The van der Waals surface area contributed by atoms with Gasteiger partial charge in [0.05, 0.1) is 11.3 Å². The number of halogens is 1. The summed E-state index contributed by atoms with van der Waals surface area (Å²) in [6, 6.07) is 9.64. The SMILES string of the molecule is CC(NC(=O)c1ccc(COc2cccc(F)c2)nc1)C1CC1. The molecular formula is C18H19FN2O2. The van der Waals surface area contributed by atoms with Gasteiger partial charge < -0.3 is 10.1 Å². The second-order valence-corrected chi connectivity index (χ2v) is 5.88. The molecule has 5 heteroatoms. The Hall–Kier alpha value is -2.43. The summed E-state index contributed by atoms with van der Waals surface area (Å²) in [4.78, 5) is 16.3. The van der Waals surface area contributed by atoms with E-state index in [1.807, 2.05) is 6.92 Å². The lowest BCUT2D eigenvalue weighted by Crippen LogP contribution is -2.34. The van der Waals surface area contributed by atoms with Crippen LogP contribution in [-0.4, -0.2) is 16.9 Å². The van der Waals surface area contributed by atoms with Crippen LogP contribution in [0.4, 0.5) is 4.39 Å². The zero-order valence-electron chi connectivity index (χ0n) is 13.0. The van der Waals surface area contributed by atoms with Crippen molar-refractivity contribution in [1.82, 2.24) is 10.3 Å². The maximum atomic E-state index is 13.1. The molecule has 1 aliphatic rings. The lowest BCUT2D eigenvalue weighted by Gasteiger charge is -2.12. The molecular weight excluding hydrogens is 295 g/mol. The first-order valence-electron chi connectivity index (χ1n) is 7.76. The number of hydrogen-bond acceptors (Lipinski definition) is 3. The minimum Gasteiger partial charge on any atom is -0.487 e. The Kier molecular flexibility index (Phi) is 4.55. The summed E-state index contributed by atoms with van der Waals surface area (Å²) in [5.74, 6) is 0.625.